The number of halogens is 1. The van der Waals surface area contributed by atoms with Gasteiger partial charge in [0.15, 0.2) is 0 Å². The van der Waals surface area contributed by atoms with Gasteiger partial charge in [-0.05, 0) is 41.4 Å². The number of rotatable bonds is 3. The second-order valence-electron chi connectivity index (χ2n) is 4.03. The van der Waals surface area contributed by atoms with Crippen LogP contribution in [0.25, 0.3) is 0 Å². The Kier molecular flexibility index (Phi) is 3.46. The van der Waals surface area contributed by atoms with Crippen molar-refractivity contribution in [3.63, 3.8) is 0 Å². The summed E-state index contributed by atoms with van der Waals surface area (Å²) < 4.78 is 0.451. The third-order valence-corrected chi connectivity index (χ3v) is 2.51. The summed E-state index contributed by atoms with van der Waals surface area (Å²) in [5.74, 6) is 0. The number of hydrogen-bond acceptors (Lipinski definition) is 3. The van der Waals surface area contributed by atoms with Gasteiger partial charge in [-0.2, -0.15) is 0 Å². The van der Waals surface area contributed by atoms with Crippen molar-refractivity contribution in [2.24, 2.45) is 0 Å². The van der Waals surface area contributed by atoms with Crippen molar-refractivity contribution in [3.05, 3.63) is 38.3 Å². The monoisotopic (exact) mass is 273 g/mol. The minimum atomic E-state index is -0.859. The third-order valence-electron chi connectivity index (χ3n) is 1.84. The minimum absolute atomic E-state index is 0.0248. The predicted octanol–water partition coefficient (Wildman–Crippen LogP) is 2.67. The molecule has 1 rings (SSSR count). The van der Waals surface area contributed by atoms with Crippen molar-refractivity contribution in [1.82, 2.24) is 0 Å². The van der Waals surface area contributed by atoms with Crippen LogP contribution in [-0.2, 0) is 6.42 Å². The van der Waals surface area contributed by atoms with Crippen molar-refractivity contribution in [1.29, 1.82) is 0 Å². The van der Waals surface area contributed by atoms with Crippen LogP contribution in [0.3, 0.4) is 0 Å². The lowest BCUT2D eigenvalue weighted by Gasteiger charge is -2.16. The van der Waals surface area contributed by atoms with E-state index in [0.717, 1.165) is 5.56 Å². The highest BCUT2D eigenvalue weighted by molar-refractivity contribution is 9.10. The fourth-order valence-electron chi connectivity index (χ4n) is 1.31. The lowest BCUT2D eigenvalue weighted by Crippen LogP contribution is -2.21. The molecule has 0 aliphatic carbocycles. The van der Waals surface area contributed by atoms with E-state index in [1.165, 1.54) is 6.07 Å². The van der Waals surface area contributed by atoms with E-state index in [1.54, 1.807) is 26.0 Å². The average Bonchev–Trinajstić information content (AvgIpc) is 2.05. The highest BCUT2D eigenvalue weighted by atomic mass is 79.9. The van der Waals surface area contributed by atoms with E-state index in [4.69, 9.17) is 0 Å². The molecule has 82 valence electrons. The first-order chi connectivity index (χ1) is 6.79. The molecule has 0 aliphatic heterocycles. The van der Waals surface area contributed by atoms with E-state index in [2.05, 4.69) is 15.9 Å². The molecule has 0 saturated heterocycles. The number of benzene rings is 1. The Bertz CT molecular complexity index is 385. The summed E-state index contributed by atoms with van der Waals surface area (Å²) in [7, 11) is 0. The smallest absolute Gasteiger partial charge is 0.283 e. The topological polar surface area (TPSA) is 63.4 Å². The van der Waals surface area contributed by atoms with Crippen molar-refractivity contribution < 1.29 is 10.0 Å². The summed E-state index contributed by atoms with van der Waals surface area (Å²) in [5.41, 5.74) is -0.0871. The van der Waals surface area contributed by atoms with Crippen molar-refractivity contribution in [2.45, 2.75) is 25.9 Å². The highest BCUT2D eigenvalue weighted by Crippen LogP contribution is 2.27. The molecule has 0 atom stereocenters. The molecule has 0 heterocycles. The van der Waals surface area contributed by atoms with Crippen LogP contribution < -0.4 is 0 Å². The van der Waals surface area contributed by atoms with Crippen molar-refractivity contribution in [2.75, 3.05) is 0 Å². The molecule has 0 aliphatic rings. The molecule has 1 aromatic carbocycles. The van der Waals surface area contributed by atoms with E-state index >= 15 is 0 Å². The molecule has 0 saturated carbocycles. The van der Waals surface area contributed by atoms with Gasteiger partial charge in [0.25, 0.3) is 5.69 Å². The summed E-state index contributed by atoms with van der Waals surface area (Å²) in [5, 5.41) is 20.2. The van der Waals surface area contributed by atoms with E-state index in [0.29, 0.717) is 10.9 Å². The SMILES string of the molecule is CC(C)(O)Cc1ccc(Br)c([N+](=O)[O-])c1. The zero-order valence-electron chi connectivity index (χ0n) is 8.53. The fraction of sp³-hybridized carbons (Fsp3) is 0.400. The number of aliphatic hydroxyl groups is 1. The molecule has 1 N–H and O–H groups in total. The molecule has 0 unspecified atom stereocenters. The number of nitro benzene ring substituents is 1. The maximum atomic E-state index is 10.7. The van der Waals surface area contributed by atoms with Gasteiger partial charge in [-0.25, -0.2) is 0 Å². The normalized spacial score (nSPS) is 11.5. The van der Waals surface area contributed by atoms with Gasteiger partial charge in [-0.1, -0.05) is 6.07 Å². The molecule has 0 amide bonds. The Balaban J connectivity index is 3.03. The third kappa shape index (κ3) is 3.60. The van der Waals surface area contributed by atoms with Crippen LogP contribution in [0.2, 0.25) is 0 Å². The summed E-state index contributed by atoms with van der Waals surface area (Å²) in [4.78, 5) is 10.2. The van der Waals surface area contributed by atoms with E-state index in [1.807, 2.05) is 0 Å². The van der Waals surface area contributed by atoms with Gasteiger partial charge in [0, 0.05) is 12.5 Å². The van der Waals surface area contributed by atoms with Gasteiger partial charge < -0.3 is 5.11 Å². The molecule has 4 nitrogen and oxygen atoms in total. The molecule has 15 heavy (non-hydrogen) atoms. The Morgan fingerprint density at radius 2 is 2.13 bits per heavy atom. The molecule has 0 fully saturated rings. The van der Waals surface area contributed by atoms with Crippen LogP contribution in [0.4, 0.5) is 5.69 Å². The van der Waals surface area contributed by atoms with Crippen LogP contribution in [0.1, 0.15) is 19.4 Å². The van der Waals surface area contributed by atoms with E-state index in [9.17, 15) is 15.2 Å². The second kappa shape index (κ2) is 4.28. The van der Waals surface area contributed by atoms with Crippen LogP contribution in [0.5, 0.6) is 0 Å². The molecule has 0 aromatic heterocycles. The predicted molar refractivity (Wildman–Crippen MR) is 60.8 cm³/mol. The van der Waals surface area contributed by atoms with Gasteiger partial charge in [0.05, 0.1) is 15.0 Å². The molecule has 5 heteroatoms. The van der Waals surface area contributed by atoms with E-state index < -0.39 is 10.5 Å². The maximum absolute atomic E-state index is 10.7. The second-order valence-corrected chi connectivity index (χ2v) is 4.89. The highest BCUT2D eigenvalue weighted by Gasteiger charge is 2.17. The quantitative estimate of drug-likeness (QED) is 0.680. The fourth-order valence-corrected chi connectivity index (χ4v) is 1.70. The summed E-state index contributed by atoms with van der Waals surface area (Å²) in [6.07, 6.45) is 0.390. The Morgan fingerprint density at radius 1 is 1.53 bits per heavy atom. The van der Waals surface area contributed by atoms with Crippen LogP contribution in [0.15, 0.2) is 22.7 Å². The Morgan fingerprint density at radius 3 is 2.60 bits per heavy atom. The average molecular weight is 274 g/mol. The van der Waals surface area contributed by atoms with Crippen LogP contribution >= 0.6 is 15.9 Å². The van der Waals surface area contributed by atoms with Crippen molar-refractivity contribution >= 4 is 21.6 Å². The first kappa shape index (κ1) is 12.1. The first-order valence-electron chi connectivity index (χ1n) is 4.45. The Labute approximate surface area is 96.2 Å². The number of nitro groups is 1. The maximum Gasteiger partial charge on any atom is 0.283 e. The number of hydrogen-bond donors (Lipinski definition) is 1. The molecule has 0 radical (unpaired) electrons. The summed E-state index contributed by atoms with van der Waals surface area (Å²) in [6, 6.07) is 4.86. The lowest BCUT2D eigenvalue weighted by molar-refractivity contribution is -0.385. The standard InChI is InChI=1S/C10H12BrNO3/c1-10(2,13)6-7-3-4-8(11)9(5-7)12(14)15/h3-5,13H,6H2,1-2H3. The van der Waals surface area contributed by atoms with Gasteiger partial charge in [0.1, 0.15) is 0 Å². The van der Waals surface area contributed by atoms with Crippen LogP contribution in [0, 0.1) is 10.1 Å². The summed E-state index contributed by atoms with van der Waals surface area (Å²) >= 11 is 3.11. The van der Waals surface area contributed by atoms with Gasteiger partial charge in [-0.15, -0.1) is 0 Å². The molecular weight excluding hydrogens is 262 g/mol. The van der Waals surface area contributed by atoms with Gasteiger partial charge >= 0.3 is 0 Å². The number of nitrogens with zero attached hydrogens (tertiary/aromatic N) is 1. The zero-order valence-corrected chi connectivity index (χ0v) is 10.1. The van der Waals surface area contributed by atoms with Gasteiger partial charge in [0.2, 0.25) is 0 Å². The molecule has 0 spiro atoms. The summed E-state index contributed by atoms with van der Waals surface area (Å²) in [6.45, 7) is 3.34. The first-order valence-corrected chi connectivity index (χ1v) is 5.24. The molecule has 1 aromatic rings. The van der Waals surface area contributed by atoms with E-state index in [-0.39, 0.29) is 5.69 Å². The zero-order chi connectivity index (χ0) is 11.6. The van der Waals surface area contributed by atoms with Crippen LogP contribution in [-0.4, -0.2) is 15.6 Å². The van der Waals surface area contributed by atoms with Crippen molar-refractivity contribution in [3.8, 4) is 0 Å². The lowest BCUT2D eigenvalue weighted by atomic mass is 9.98. The van der Waals surface area contributed by atoms with Gasteiger partial charge in [-0.3, -0.25) is 10.1 Å². The minimum Gasteiger partial charge on any atom is -0.390 e. The molecular formula is C10H12BrNO3. The molecule has 0 bridgehead atoms. The Hall–Kier alpha value is -0.940. The largest absolute Gasteiger partial charge is 0.390 e.